The minimum absolute atomic E-state index is 0.000566. The van der Waals surface area contributed by atoms with Crippen molar-refractivity contribution in [1.29, 1.82) is 0 Å². The van der Waals surface area contributed by atoms with Crippen LogP contribution in [0.5, 0.6) is 0 Å². The molecule has 7 heteroatoms. The lowest BCUT2D eigenvalue weighted by Crippen LogP contribution is -2.18. The molecule has 0 spiro atoms. The van der Waals surface area contributed by atoms with Crippen LogP contribution in [0, 0.1) is 5.41 Å². The highest BCUT2D eigenvalue weighted by molar-refractivity contribution is 5.47. The summed E-state index contributed by atoms with van der Waals surface area (Å²) in [6.45, 7) is 0.584. The van der Waals surface area contributed by atoms with Crippen LogP contribution >= 0.6 is 0 Å². The summed E-state index contributed by atoms with van der Waals surface area (Å²) in [4.78, 5) is 3.84. The van der Waals surface area contributed by atoms with Gasteiger partial charge in [0.05, 0.1) is 5.56 Å². The van der Waals surface area contributed by atoms with Gasteiger partial charge in [-0.2, -0.15) is 13.2 Å². The first-order chi connectivity index (χ1) is 8.85. The zero-order chi connectivity index (χ0) is 14.1. The first kappa shape index (κ1) is 13.9. The average molecular weight is 275 g/mol. The third-order valence-electron chi connectivity index (χ3n) is 3.42. The zero-order valence-corrected chi connectivity index (χ0v) is 10.3. The fraction of sp³-hybridized carbons (Fsp3) is 0.583. The fourth-order valence-corrected chi connectivity index (χ4v) is 2.01. The molecule has 0 amide bonds. The Balaban J connectivity index is 2.06. The van der Waals surface area contributed by atoms with Gasteiger partial charge < -0.3 is 16.2 Å². The summed E-state index contributed by atoms with van der Waals surface area (Å²) in [6.07, 6.45) is -1.85. The van der Waals surface area contributed by atoms with E-state index in [1.165, 1.54) is 0 Å². The number of nitrogen functional groups attached to an aromatic ring is 1. The number of pyridine rings is 1. The van der Waals surface area contributed by atoms with Crippen LogP contribution in [0.2, 0.25) is 0 Å². The standard InChI is InChI=1S/C12H16F3N3O/c13-12(14,15)8-5-9(16)18-10(6-8)17-7-11(1-2-11)3-4-19/h5-6,19H,1-4,7H2,(H3,16,17,18). The van der Waals surface area contributed by atoms with Gasteiger partial charge in [-0.05, 0) is 36.8 Å². The largest absolute Gasteiger partial charge is 0.416 e. The maximum atomic E-state index is 12.6. The molecule has 1 aliphatic carbocycles. The predicted octanol–water partition coefficient (Wildman–Crippen LogP) is 2.26. The molecule has 106 valence electrons. The van der Waals surface area contributed by atoms with E-state index in [1.54, 1.807) is 0 Å². The second kappa shape index (κ2) is 4.88. The monoisotopic (exact) mass is 275 g/mol. The van der Waals surface area contributed by atoms with Crippen LogP contribution in [0.4, 0.5) is 24.8 Å². The van der Waals surface area contributed by atoms with Crippen molar-refractivity contribution >= 4 is 11.6 Å². The summed E-state index contributed by atoms with van der Waals surface area (Å²) in [6, 6.07) is 1.76. The Morgan fingerprint density at radius 3 is 2.58 bits per heavy atom. The van der Waals surface area contributed by atoms with Crippen LogP contribution < -0.4 is 11.1 Å². The number of halogens is 3. The van der Waals surface area contributed by atoms with Gasteiger partial charge >= 0.3 is 6.18 Å². The van der Waals surface area contributed by atoms with Gasteiger partial charge in [0.15, 0.2) is 0 Å². The highest BCUT2D eigenvalue weighted by Gasteiger charge is 2.41. The smallest absolute Gasteiger partial charge is 0.396 e. The lowest BCUT2D eigenvalue weighted by molar-refractivity contribution is -0.137. The van der Waals surface area contributed by atoms with Crippen molar-refractivity contribution in [1.82, 2.24) is 4.98 Å². The average Bonchev–Trinajstić information content (AvgIpc) is 3.06. The number of nitrogens with one attached hydrogen (secondary N) is 1. The number of aliphatic hydroxyl groups is 1. The Labute approximate surface area is 108 Å². The summed E-state index contributed by atoms with van der Waals surface area (Å²) < 4.78 is 37.8. The predicted molar refractivity (Wildman–Crippen MR) is 65.5 cm³/mol. The van der Waals surface area contributed by atoms with Gasteiger partial charge in [-0.3, -0.25) is 0 Å². The number of hydrogen-bond acceptors (Lipinski definition) is 4. The normalized spacial score (nSPS) is 17.3. The summed E-state index contributed by atoms with van der Waals surface area (Å²) in [7, 11) is 0. The number of nitrogens with two attached hydrogens (primary N) is 1. The van der Waals surface area contributed by atoms with Crippen molar-refractivity contribution < 1.29 is 18.3 Å². The highest BCUT2D eigenvalue weighted by Crippen LogP contribution is 2.48. The SMILES string of the molecule is Nc1cc(C(F)(F)F)cc(NCC2(CCO)CC2)n1. The number of anilines is 2. The van der Waals surface area contributed by atoms with Crippen LogP contribution in [-0.4, -0.2) is 23.2 Å². The third kappa shape index (κ3) is 3.50. The Morgan fingerprint density at radius 2 is 2.05 bits per heavy atom. The van der Waals surface area contributed by atoms with Crippen molar-refractivity contribution in [3.05, 3.63) is 17.7 Å². The number of nitrogens with zero attached hydrogens (tertiary/aromatic N) is 1. The first-order valence-electron chi connectivity index (χ1n) is 6.04. The summed E-state index contributed by atoms with van der Waals surface area (Å²) in [5.41, 5.74) is 4.57. The van der Waals surface area contributed by atoms with Gasteiger partial charge in [-0.25, -0.2) is 4.98 Å². The molecule has 0 unspecified atom stereocenters. The van der Waals surface area contributed by atoms with Gasteiger partial charge in [0, 0.05) is 13.2 Å². The molecule has 1 aliphatic rings. The summed E-state index contributed by atoms with van der Waals surface area (Å²) in [5, 5.41) is 11.8. The number of rotatable bonds is 5. The van der Waals surface area contributed by atoms with Gasteiger partial charge in [0.2, 0.25) is 0 Å². The molecule has 2 rings (SSSR count). The molecule has 1 aromatic rings. The van der Waals surface area contributed by atoms with Gasteiger partial charge in [0.1, 0.15) is 11.6 Å². The van der Waals surface area contributed by atoms with Crippen LogP contribution in [-0.2, 0) is 6.18 Å². The molecule has 0 aromatic carbocycles. The van der Waals surface area contributed by atoms with Crippen molar-refractivity contribution in [2.24, 2.45) is 5.41 Å². The van der Waals surface area contributed by atoms with Gasteiger partial charge in [0.25, 0.3) is 0 Å². The van der Waals surface area contributed by atoms with Crippen molar-refractivity contribution in [3.63, 3.8) is 0 Å². The van der Waals surface area contributed by atoms with Crippen molar-refractivity contribution in [3.8, 4) is 0 Å². The van der Waals surface area contributed by atoms with Crippen LogP contribution in [0.15, 0.2) is 12.1 Å². The topological polar surface area (TPSA) is 71.2 Å². The highest BCUT2D eigenvalue weighted by atomic mass is 19.4. The van der Waals surface area contributed by atoms with E-state index in [9.17, 15) is 13.2 Å². The maximum absolute atomic E-state index is 12.6. The molecular weight excluding hydrogens is 259 g/mol. The lowest BCUT2D eigenvalue weighted by atomic mass is 10.0. The maximum Gasteiger partial charge on any atom is 0.416 e. The van der Waals surface area contributed by atoms with E-state index < -0.39 is 11.7 Å². The molecule has 0 saturated heterocycles. The first-order valence-corrected chi connectivity index (χ1v) is 6.04. The third-order valence-corrected chi connectivity index (χ3v) is 3.42. The summed E-state index contributed by atoms with van der Waals surface area (Å²) in [5.74, 6) is -0.0409. The Kier molecular flexibility index (Phi) is 3.58. The number of aliphatic hydroxyl groups excluding tert-OH is 1. The molecule has 0 aliphatic heterocycles. The number of hydrogen-bond donors (Lipinski definition) is 3. The molecule has 0 radical (unpaired) electrons. The molecule has 19 heavy (non-hydrogen) atoms. The molecule has 0 atom stereocenters. The Hall–Kier alpha value is -1.50. The molecule has 1 aromatic heterocycles. The molecule has 1 fully saturated rings. The van der Waals surface area contributed by atoms with E-state index in [1.807, 2.05) is 0 Å². The second-order valence-electron chi connectivity index (χ2n) is 4.99. The van der Waals surface area contributed by atoms with E-state index in [2.05, 4.69) is 10.3 Å². The lowest BCUT2D eigenvalue weighted by Gasteiger charge is -2.16. The van der Waals surface area contributed by atoms with Gasteiger partial charge in [-0.15, -0.1) is 0 Å². The van der Waals surface area contributed by atoms with E-state index in [4.69, 9.17) is 10.8 Å². The van der Waals surface area contributed by atoms with Gasteiger partial charge in [-0.1, -0.05) is 0 Å². The fourth-order valence-electron chi connectivity index (χ4n) is 2.01. The quantitative estimate of drug-likeness (QED) is 0.770. The van der Waals surface area contributed by atoms with E-state index in [0.717, 1.165) is 25.0 Å². The van der Waals surface area contributed by atoms with Crippen molar-refractivity contribution in [2.75, 3.05) is 24.2 Å². The molecule has 1 saturated carbocycles. The molecule has 0 bridgehead atoms. The van der Waals surface area contributed by atoms with E-state index in [-0.39, 0.29) is 23.7 Å². The molecule has 1 heterocycles. The van der Waals surface area contributed by atoms with E-state index >= 15 is 0 Å². The van der Waals surface area contributed by atoms with Crippen LogP contribution in [0.1, 0.15) is 24.8 Å². The van der Waals surface area contributed by atoms with Crippen LogP contribution in [0.25, 0.3) is 0 Å². The number of alkyl halides is 3. The summed E-state index contributed by atoms with van der Waals surface area (Å²) >= 11 is 0. The molecule has 4 N–H and O–H groups in total. The Bertz CT molecular complexity index is 458. The van der Waals surface area contributed by atoms with Crippen molar-refractivity contribution in [2.45, 2.75) is 25.4 Å². The van der Waals surface area contributed by atoms with Crippen LogP contribution in [0.3, 0.4) is 0 Å². The molecule has 4 nitrogen and oxygen atoms in total. The number of aromatic nitrogens is 1. The zero-order valence-electron chi connectivity index (χ0n) is 10.3. The Morgan fingerprint density at radius 1 is 1.37 bits per heavy atom. The molecular formula is C12H16F3N3O. The minimum atomic E-state index is -4.43. The second-order valence-corrected chi connectivity index (χ2v) is 4.99. The van der Waals surface area contributed by atoms with E-state index in [0.29, 0.717) is 13.0 Å². The minimum Gasteiger partial charge on any atom is -0.396 e.